The molecule has 0 bridgehead atoms. The van der Waals surface area contributed by atoms with Crippen molar-refractivity contribution in [2.24, 2.45) is 5.92 Å². The topological polar surface area (TPSA) is 111 Å². The number of hydrogen-bond donors (Lipinski definition) is 1. The van der Waals surface area contributed by atoms with Crippen LogP contribution in [-0.4, -0.2) is 46.3 Å². The summed E-state index contributed by atoms with van der Waals surface area (Å²) < 4.78 is 32.6. The van der Waals surface area contributed by atoms with Gasteiger partial charge in [-0.25, -0.2) is 4.39 Å². The van der Waals surface area contributed by atoms with Crippen molar-refractivity contribution in [3.8, 4) is 17.2 Å². The fraction of sp³-hybridized carbons (Fsp3) is 0.333. The molecule has 1 saturated heterocycles. The van der Waals surface area contributed by atoms with Gasteiger partial charge < -0.3 is 19.3 Å². The first-order chi connectivity index (χ1) is 23.1. The average molecular weight is 690 g/mol. The van der Waals surface area contributed by atoms with Gasteiger partial charge in [-0.05, 0) is 79.3 Å². The lowest BCUT2D eigenvalue weighted by Gasteiger charge is -2.24. The van der Waals surface area contributed by atoms with Crippen LogP contribution in [0.1, 0.15) is 62.4 Å². The lowest BCUT2D eigenvalue weighted by atomic mass is 9.94. The van der Waals surface area contributed by atoms with Gasteiger partial charge in [-0.1, -0.05) is 61.2 Å². The molecule has 250 valence electrons. The lowest BCUT2D eigenvalue weighted by Crippen LogP contribution is -2.29. The molecule has 3 heterocycles. The zero-order valence-electron chi connectivity index (χ0n) is 27.1. The molecule has 6 rings (SSSR count). The van der Waals surface area contributed by atoms with E-state index in [0.717, 1.165) is 29.1 Å². The van der Waals surface area contributed by atoms with Crippen molar-refractivity contribution in [3.05, 3.63) is 94.3 Å². The predicted octanol–water partition coefficient (Wildman–Crippen LogP) is 7.74. The highest BCUT2D eigenvalue weighted by Gasteiger charge is 2.48. The van der Waals surface area contributed by atoms with Crippen LogP contribution in [-0.2, 0) is 21.8 Å². The number of anilines is 1. The van der Waals surface area contributed by atoms with Gasteiger partial charge in [0.05, 0.1) is 24.8 Å². The first-order valence-corrected chi connectivity index (χ1v) is 17.6. The van der Waals surface area contributed by atoms with Crippen LogP contribution < -0.4 is 19.1 Å². The van der Waals surface area contributed by atoms with Crippen LogP contribution in [0.5, 0.6) is 17.2 Å². The van der Waals surface area contributed by atoms with E-state index in [0.29, 0.717) is 63.8 Å². The molecular formula is C36H36FN3O6S2. The minimum Gasteiger partial charge on any atom is -0.507 e. The number of aromatic nitrogens is 2. The number of rotatable bonds is 12. The van der Waals surface area contributed by atoms with E-state index in [2.05, 4.69) is 24.0 Å². The third-order valence-corrected chi connectivity index (χ3v) is 10.2. The van der Waals surface area contributed by atoms with Crippen molar-refractivity contribution in [2.45, 2.75) is 62.8 Å². The molecule has 0 unspecified atom stereocenters. The Kier molecular flexibility index (Phi) is 10.0. The summed E-state index contributed by atoms with van der Waals surface area (Å²) in [5.74, 6) is 0.132. The summed E-state index contributed by atoms with van der Waals surface area (Å²) in [5, 5.41) is 20.4. The SMILES string of the molecule is CCOc1cc([C@@H]2/C(=C(\O)c3ccc4c(c3)C[C@H](C)O4)C(=O)C(=O)N2c2nnc(SCc3ccccc3F)s2)ccc1OCCC(C)C. The third-order valence-electron chi connectivity index (χ3n) is 8.06. The number of carbonyl (C=O) groups excluding carboxylic acids is 2. The summed E-state index contributed by atoms with van der Waals surface area (Å²) in [6.45, 7) is 8.90. The molecule has 1 N–H and O–H groups in total. The Morgan fingerprint density at radius 2 is 1.92 bits per heavy atom. The normalized spacial score (nSPS) is 18.3. The van der Waals surface area contributed by atoms with Gasteiger partial charge in [0.25, 0.3) is 5.78 Å². The van der Waals surface area contributed by atoms with E-state index >= 15 is 0 Å². The lowest BCUT2D eigenvalue weighted by molar-refractivity contribution is -0.132. The number of ketones is 1. The van der Waals surface area contributed by atoms with Crippen molar-refractivity contribution in [3.63, 3.8) is 0 Å². The predicted molar refractivity (Wildman–Crippen MR) is 183 cm³/mol. The summed E-state index contributed by atoms with van der Waals surface area (Å²) in [6.07, 6.45) is 1.50. The van der Waals surface area contributed by atoms with Gasteiger partial charge in [0, 0.05) is 17.7 Å². The monoisotopic (exact) mass is 689 g/mol. The average Bonchev–Trinajstić information content (AvgIpc) is 3.75. The van der Waals surface area contributed by atoms with E-state index in [4.69, 9.17) is 14.2 Å². The minimum atomic E-state index is -1.05. The van der Waals surface area contributed by atoms with Gasteiger partial charge in [-0.15, -0.1) is 10.2 Å². The molecule has 12 heteroatoms. The molecule has 0 saturated carbocycles. The van der Waals surface area contributed by atoms with Crippen LogP contribution in [0.25, 0.3) is 5.76 Å². The van der Waals surface area contributed by atoms with Crippen LogP contribution in [0.2, 0.25) is 0 Å². The number of hydrogen-bond acceptors (Lipinski definition) is 10. The largest absolute Gasteiger partial charge is 0.507 e. The van der Waals surface area contributed by atoms with E-state index < -0.39 is 17.7 Å². The summed E-state index contributed by atoms with van der Waals surface area (Å²) in [7, 11) is 0. The van der Waals surface area contributed by atoms with Crippen molar-refractivity contribution >= 4 is 45.7 Å². The highest BCUT2D eigenvalue weighted by Crippen LogP contribution is 2.46. The van der Waals surface area contributed by atoms with Gasteiger partial charge in [0.2, 0.25) is 5.13 Å². The minimum absolute atomic E-state index is 0.0101. The van der Waals surface area contributed by atoms with Gasteiger partial charge in [-0.3, -0.25) is 14.5 Å². The maximum Gasteiger partial charge on any atom is 0.301 e. The quantitative estimate of drug-likeness (QED) is 0.0525. The molecule has 0 radical (unpaired) electrons. The number of ether oxygens (including phenoxy) is 3. The van der Waals surface area contributed by atoms with Crippen molar-refractivity contribution < 1.29 is 33.3 Å². The second-order valence-electron chi connectivity index (χ2n) is 12.0. The van der Waals surface area contributed by atoms with Crippen LogP contribution in [0, 0.1) is 11.7 Å². The molecule has 3 aromatic carbocycles. The highest BCUT2D eigenvalue weighted by molar-refractivity contribution is 8.00. The molecule has 4 aromatic rings. The molecule has 0 aliphatic carbocycles. The van der Waals surface area contributed by atoms with E-state index in [1.165, 1.54) is 22.7 Å². The van der Waals surface area contributed by atoms with Crippen LogP contribution in [0.4, 0.5) is 9.52 Å². The zero-order chi connectivity index (χ0) is 33.9. The molecule has 2 aliphatic heterocycles. The van der Waals surface area contributed by atoms with E-state index in [9.17, 15) is 19.1 Å². The molecule has 48 heavy (non-hydrogen) atoms. The Balaban J connectivity index is 1.41. The molecule has 9 nitrogen and oxygen atoms in total. The summed E-state index contributed by atoms with van der Waals surface area (Å²) in [6, 6.07) is 15.9. The van der Waals surface area contributed by atoms with Crippen molar-refractivity contribution in [1.82, 2.24) is 10.2 Å². The van der Waals surface area contributed by atoms with Gasteiger partial charge in [-0.2, -0.15) is 0 Å². The number of aliphatic hydroxyl groups is 1. The van der Waals surface area contributed by atoms with Gasteiger partial charge in [0.1, 0.15) is 23.4 Å². The Labute approximate surface area is 286 Å². The molecule has 1 aromatic heterocycles. The summed E-state index contributed by atoms with van der Waals surface area (Å²) >= 11 is 2.39. The molecule has 2 aliphatic rings. The zero-order valence-corrected chi connectivity index (χ0v) is 28.7. The molecule has 2 atom stereocenters. The van der Waals surface area contributed by atoms with Crippen LogP contribution in [0.3, 0.4) is 0 Å². The number of fused-ring (bicyclic) bond motifs is 1. The molecule has 1 fully saturated rings. The molecule has 0 spiro atoms. The van der Waals surface area contributed by atoms with Crippen LogP contribution >= 0.6 is 23.1 Å². The fourth-order valence-electron chi connectivity index (χ4n) is 5.67. The third kappa shape index (κ3) is 6.91. The Morgan fingerprint density at radius 3 is 2.69 bits per heavy atom. The maximum absolute atomic E-state index is 14.3. The number of nitrogens with zero attached hydrogens (tertiary/aromatic N) is 3. The molecular weight excluding hydrogens is 654 g/mol. The first-order valence-electron chi connectivity index (χ1n) is 15.8. The number of thioether (sulfide) groups is 1. The Bertz CT molecular complexity index is 1880. The summed E-state index contributed by atoms with van der Waals surface area (Å²) in [5.41, 5.74) is 2.24. The fourth-order valence-corrected chi connectivity index (χ4v) is 7.52. The summed E-state index contributed by atoms with van der Waals surface area (Å²) in [4.78, 5) is 28.9. The van der Waals surface area contributed by atoms with Crippen LogP contribution in [0.15, 0.2) is 70.6 Å². The second-order valence-corrected chi connectivity index (χ2v) is 14.2. The second kappa shape index (κ2) is 14.4. The van der Waals surface area contributed by atoms with E-state index in [1.807, 2.05) is 13.8 Å². The van der Waals surface area contributed by atoms with Crippen molar-refractivity contribution in [2.75, 3.05) is 18.1 Å². The number of benzene rings is 3. The maximum atomic E-state index is 14.3. The standard InChI is InChI=1S/C36H36FN3O6S2/c1-5-44-29-18-22(10-13-28(29)45-15-14-20(2)3)31-30(32(41)23-11-12-27-25(17-23)16-21(4)46-27)33(42)34(43)40(31)35-38-39-36(48-35)47-19-24-8-6-7-9-26(24)37/h6-13,17-18,20-21,31,41H,5,14-16,19H2,1-4H3/b32-30+/t21-,31+/m0/s1. The highest BCUT2D eigenvalue weighted by atomic mass is 32.2. The Hall–Kier alpha value is -4.42. The molecule has 1 amide bonds. The Morgan fingerprint density at radius 1 is 1.10 bits per heavy atom. The number of Topliss-reactive ketones (excluding diaryl/α,β-unsaturated/α-hetero) is 1. The van der Waals surface area contributed by atoms with Gasteiger partial charge >= 0.3 is 5.91 Å². The number of aliphatic hydroxyl groups excluding tert-OH is 1. The van der Waals surface area contributed by atoms with Crippen molar-refractivity contribution in [1.29, 1.82) is 0 Å². The smallest absolute Gasteiger partial charge is 0.301 e. The number of amides is 1. The number of halogens is 1. The number of carbonyl (C=O) groups is 2. The first kappa shape index (κ1) is 33.5. The van der Waals surface area contributed by atoms with E-state index in [-0.39, 0.29) is 28.4 Å². The van der Waals surface area contributed by atoms with E-state index in [1.54, 1.807) is 54.6 Å². The van der Waals surface area contributed by atoms with Gasteiger partial charge in [0.15, 0.2) is 15.8 Å².